The van der Waals surface area contributed by atoms with E-state index in [0.29, 0.717) is 6.10 Å². The van der Waals surface area contributed by atoms with E-state index in [1.807, 2.05) is 0 Å². The van der Waals surface area contributed by atoms with Crippen molar-refractivity contribution in [2.75, 3.05) is 13.2 Å². The van der Waals surface area contributed by atoms with E-state index in [-0.39, 0.29) is 0 Å². The number of hydrogen-bond donors (Lipinski definition) is 1. The predicted molar refractivity (Wildman–Crippen MR) is 62.9 cm³/mol. The Morgan fingerprint density at radius 2 is 1.80 bits per heavy atom. The fourth-order valence-electron chi connectivity index (χ4n) is 2.83. The predicted octanol–water partition coefficient (Wildman–Crippen LogP) is 2.58. The number of hydrogen-bond acceptors (Lipinski definition) is 2. The molecule has 2 rings (SSSR count). The van der Waals surface area contributed by atoms with Crippen LogP contribution in [-0.2, 0) is 4.74 Å². The molecule has 0 radical (unpaired) electrons. The Kier molecular flexibility index (Phi) is 4.04. The molecule has 1 saturated heterocycles. The maximum atomic E-state index is 5.58. The maximum Gasteiger partial charge on any atom is 0.0588 e. The van der Waals surface area contributed by atoms with Gasteiger partial charge in [-0.2, -0.15) is 0 Å². The quantitative estimate of drug-likeness (QED) is 0.774. The van der Waals surface area contributed by atoms with Crippen molar-refractivity contribution in [2.24, 2.45) is 11.8 Å². The molecule has 2 unspecified atom stereocenters. The monoisotopic (exact) mass is 211 g/mol. The molecule has 0 aromatic carbocycles. The Bertz CT molecular complexity index is 187. The molecular formula is C13H25NO. The summed E-state index contributed by atoms with van der Waals surface area (Å²) in [5, 5.41) is 3.73. The van der Waals surface area contributed by atoms with Crippen LogP contribution in [0.4, 0.5) is 0 Å². The molecule has 0 amide bonds. The molecule has 1 saturated carbocycles. The topological polar surface area (TPSA) is 21.3 Å². The minimum absolute atomic E-state index is 0.472. The summed E-state index contributed by atoms with van der Waals surface area (Å²) in [5.74, 6) is 1.71. The van der Waals surface area contributed by atoms with Gasteiger partial charge in [-0.25, -0.2) is 0 Å². The first-order chi connectivity index (χ1) is 7.25. The van der Waals surface area contributed by atoms with Crippen LogP contribution in [0.1, 0.15) is 46.0 Å². The van der Waals surface area contributed by atoms with Crippen LogP contribution in [0.15, 0.2) is 0 Å². The molecule has 0 spiro atoms. The first-order valence-corrected chi connectivity index (χ1v) is 6.60. The fraction of sp³-hybridized carbons (Fsp3) is 1.00. The van der Waals surface area contributed by atoms with Crippen molar-refractivity contribution in [2.45, 2.75) is 58.1 Å². The molecule has 15 heavy (non-hydrogen) atoms. The Hall–Kier alpha value is -0.0800. The van der Waals surface area contributed by atoms with E-state index >= 15 is 0 Å². The SMILES string of the molecule is CC1CCC(NCC2CCOC2C)CC1. The van der Waals surface area contributed by atoms with Crippen molar-refractivity contribution in [1.29, 1.82) is 0 Å². The Balaban J connectivity index is 1.65. The summed E-state index contributed by atoms with van der Waals surface area (Å²) in [6.45, 7) is 6.72. The van der Waals surface area contributed by atoms with Gasteiger partial charge < -0.3 is 10.1 Å². The van der Waals surface area contributed by atoms with Crippen LogP contribution in [0.3, 0.4) is 0 Å². The first-order valence-electron chi connectivity index (χ1n) is 6.60. The lowest BCUT2D eigenvalue weighted by Crippen LogP contribution is -2.37. The lowest BCUT2D eigenvalue weighted by molar-refractivity contribution is 0.104. The molecule has 1 heterocycles. The van der Waals surface area contributed by atoms with E-state index < -0.39 is 0 Å². The van der Waals surface area contributed by atoms with Crippen molar-refractivity contribution >= 4 is 0 Å². The van der Waals surface area contributed by atoms with Crippen LogP contribution in [0.2, 0.25) is 0 Å². The van der Waals surface area contributed by atoms with Crippen molar-refractivity contribution in [1.82, 2.24) is 5.32 Å². The summed E-state index contributed by atoms with van der Waals surface area (Å²) in [4.78, 5) is 0. The van der Waals surface area contributed by atoms with Crippen LogP contribution in [0, 0.1) is 11.8 Å². The van der Waals surface area contributed by atoms with Crippen LogP contribution in [-0.4, -0.2) is 25.3 Å². The first kappa shape index (κ1) is 11.4. The van der Waals surface area contributed by atoms with Gasteiger partial charge in [-0.05, 0) is 50.9 Å². The normalized spacial score (nSPS) is 42.0. The Labute approximate surface area is 93.8 Å². The Morgan fingerprint density at radius 3 is 2.40 bits per heavy atom. The molecule has 0 bridgehead atoms. The van der Waals surface area contributed by atoms with E-state index in [1.165, 1.54) is 38.6 Å². The van der Waals surface area contributed by atoms with Crippen LogP contribution in [0.5, 0.6) is 0 Å². The summed E-state index contributed by atoms with van der Waals surface area (Å²) in [6, 6.07) is 0.786. The molecule has 0 aromatic heterocycles. The highest BCUT2D eigenvalue weighted by atomic mass is 16.5. The van der Waals surface area contributed by atoms with Gasteiger partial charge in [-0.3, -0.25) is 0 Å². The zero-order chi connectivity index (χ0) is 10.7. The second kappa shape index (κ2) is 5.31. The van der Waals surface area contributed by atoms with Gasteiger partial charge >= 0.3 is 0 Å². The van der Waals surface area contributed by atoms with Crippen LogP contribution in [0.25, 0.3) is 0 Å². The van der Waals surface area contributed by atoms with Gasteiger partial charge in [0.25, 0.3) is 0 Å². The zero-order valence-electron chi connectivity index (χ0n) is 10.2. The van der Waals surface area contributed by atoms with Crippen molar-refractivity contribution in [3.05, 3.63) is 0 Å². The fourth-order valence-corrected chi connectivity index (χ4v) is 2.83. The molecule has 1 aliphatic carbocycles. The summed E-state index contributed by atoms with van der Waals surface area (Å²) in [5.41, 5.74) is 0. The highest BCUT2D eigenvalue weighted by Crippen LogP contribution is 2.25. The van der Waals surface area contributed by atoms with Gasteiger partial charge in [0.2, 0.25) is 0 Å². The van der Waals surface area contributed by atoms with E-state index in [9.17, 15) is 0 Å². The molecule has 2 aliphatic rings. The van der Waals surface area contributed by atoms with Crippen LogP contribution >= 0.6 is 0 Å². The third-order valence-electron chi connectivity index (χ3n) is 4.22. The number of rotatable bonds is 3. The standard InChI is InChI=1S/C13H25NO/c1-10-3-5-13(6-4-10)14-9-12-7-8-15-11(12)2/h10-14H,3-9H2,1-2H3. The third kappa shape index (κ3) is 3.18. The lowest BCUT2D eigenvalue weighted by Gasteiger charge is -2.28. The van der Waals surface area contributed by atoms with Crippen molar-refractivity contribution in [3.8, 4) is 0 Å². The van der Waals surface area contributed by atoms with E-state index in [0.717, 1.165) is 24.5 Å². The molecular weight excluding hydrogens is 186 g/mol. The molecule has 1 aliphatic heterocycles. The van der Waals surface area contributed by atoms with E-state index in [2.05, 4.69) is 19.2 Å². The second-order valence-electron chi connectivity index (χ2n) is 5.49. The molecule has 2 nitrogen and oxygen atoms in total. The highest BCUT2D eigenvalue weighted by molar-refractivity contribution is 4.79. The van der Waals surface area contributed by atoms with Gasteiger partial charge in [0.1, 0.15) is 0 Å². The summed E-state index contributed by atoms with van der Waals surface area (Å²) in [6.07, 6.45) is 7.30. The number of nitrogens with one attached hydrogen (secondary N) is 1. The summed E-state index contributed by atoms with van der Waals surface area (Å²) in [7, 11) is 0. The maximum absolute atomic E-state index is 5.58. The van der Waals surface area contributed by atoms with Gasteiger partial charge in [-0.1, -0.05) is 6.92 Å². The molecule has 1 N–H and O–H groups in total. The van der Waals surface area contributed by atoms with Gasteiger partial charge in [0.15, 0.2) is 0 Å². The Morgan fingerprint density at radius 1 is 1.07 bits per heavy atom. The highest BCUT2D eigenvalue weighted by Gasteiger charge is 2.25. The van der Waals surface area contributed by atoms with E-state index in [1.54, 1.807) is 0 Å². The molecule has 2 heteroatoms. The minimum atomic E-state index is 0.472. The van der Waals surface area contributed by atoms with Gasteiger partial charge in [0, 0.05) is 19.2 Å². The average molecular weight is 211 g/mol. The zero-order valence-corrected chi connectivity index (χ0v) is 10.2. The smallest absolute Gasteiger partial charge is 0.0588 e. The summed E-state index contributed by atoms with van der Waals surface area (Å²) < 4.78 is 5.58. The molecule has 88 valence electrons. The third-order valence-corrected chi connectivity index (χ3v) is 4.22. The molecule has 2 fully saturated rings. The second-order valence-corrected chi connectivity index (χ2v) is 5.49. The number of ether oxygens (including phenoxy) is 1. The van der Waals surface area contributed by atoms with Gasteiger partial charge in [0.05, 0.1) is 6.10 Å². The lowest BCUT2D eigenvalue weighted by atomic mass is 9.87. The van der Waals surface area contributed by atoms with Crippen molar-refractivity contribution in [3.63, 3.8) is 0 Å². The van der Waals surface area contributed by atoms with Gasteiger partial charge in [-0.15, -0.1) is 0 Å². The van der Waals surface area contributed by atoms with Crippen molar-refractivity contribution < 1.29 is 4.74 Å². The van der Waals surface area contributed by atoms with Crippen LogP contribution < -0.4 is 5.32 Å². The largest absolute Gasteiger partial charge is 0.378 e. The minimum Gasteiger partial charge on any atom is -0.378 e. The molecule has 2 atom stereocenters. The molecule has 0 aromatic rings. The van der Waals surface area contributed by atoms with E-state index in [4.69, 9.17) is 4.74 Å². The average Bonchev–Trinajstić information content (AvgIpc) is 2.63. The summed E-state index contributed by atoms with van der Waals surface area (Å²) >= 11 is 0.